The average molecular weight is 307 g/mol. The summed E-state index contributed by atoms with van der Waals surface area (Å²) in [5.41, 5.74) is 0.704. The lowest BCUT2D eigenvalue weighted by molar-refractivity contribution is 0.0520. The van der Waals surface area contributed by atoms with Gasteiger partial charge in [-0.15, -0.1) is 5.10 Å². The van der Waals surface area contributed by atoms with E-state index in [9.17, 15) is 9.18 Å². The molecule has 0 aliphatic rings. The number of aromatic nitrogens is 3. The van der Waals surface area contributed by atoms with Crippen LogP contribution in [-0.2, 0) is 4.74 Å². The lowest BCUT2D eigenvalue weighted by Crippen LogP contribution is -2.07. The summed E-state index contributed by atoms with van der Waals surface area (Å²) in [6.45, 7) is 4.42. The van der Waals surface area contributed by atoms with E-state index in [-0.39, 0.29) is 23.7 Å². The van der Waals surface area contributed by atoms with E-state index in [2.05, 4.69) is 15.4 Å². The van der Waals surface area contributed by atoms with E-state index in [0.29, 0.717) is 12.2 Å². The van der Waals surface area contributed by atoms with Gasteiger partial charge in [0, 0.05) is 5.56 Å². The minimum atomic E-state index is -0.602. The summed E-state index contributed by atoms with van der Waals surface area (Å²) in [5, 5.41) is 10.0. The zero-order valence-corrected chi connectivity index (χ0v) is 12.6. The molecule has 0 fully saturated rings. The van der Waals surface area contributed by atoms with Crippen LogP contribution in [0.1, 0.15) is 37.2 Å². The Morgan fingerprint density at radius 3 is 2.82 bits per heavy atom. The minimum absolute atomic E-state index is 0.0286. The lowest BCUT2D eigenvalue weighted by atomic mass is 10.1. The molecular weight excluding hydrogens is 289 g/mol. The number of esters is 1. The van der Waals surface area contributed by atoms with Crippen molar-refractivity contribution >= 4 is 5.97 Å². The highest BCUT2D eigenvalue weighted by atomic mass is 19.1. The van der Waals surface area contributed by atoms with Crippen LogP contribution < -0.4 is 4.74 Å². The Hall–Kier alpha value is -2.44. The number of halogens is 1. The Bertz CT molecular complexity index is 643. The predicted octanol–water partition coefficient (Wildman–Crippen LogP) is 2.97. The summed E-state index contributed by atoms with van der Waals surface area (Å²) in [4.78, 5) is 11.8. The maximum atomic E-state index is 14.1. The lowest BCUT2D eigenvalue weighted by Gasteiger charge is -2.07. The van der Waals surface area contributed by atoms with Gasteiger partial charge in [0.15, 0.2) is 17.3 Å². The van der Waals surface area contributed by atoms with Crippen molar-refractivity contribution in [3.8, 4) is 17.0 Å². The first kappa shape index (κ1) is 15.9. The van der Waals surface area contributed by atoms with Crippen molar-refractivity contribution in [1.82, 2.24) is 15.4 Å². The summed E-state index contributed by atoms with van der Waals surface area (Å²) < 4.78 is 24.3. The van der Waals surface area contributed by atoms with Crippen LogP contribution in [0.25, 0.3) is 11.3 Å². The molecule has 118 valence electrons. The number of H-pyrrole nitrogens is 1. The molecule has 0 aliphatic heterocycles. The van der Waals surface area contributed by atoms with E-state index in [1.807, 2.05) is 6.92 Å². The largest absolute Gasteiger partial charge is 0.491 e. The smallest absolute Gasteiger partial charge is 0.361 e. The van der Waals surface area contributed by atoms with Gasteiger partial charge in [-0.3, -0.25) is 0 Å². The number of aromatic amines is 1. The van der Waals surface area contributed by atoms with Crippen LogP contribution in [-0.4, -0.2) is 34.6 Å². The van der Waals surface area contributed by atoms with Gasteiger partial charge in [-0.1, -0.05) is 13.3 Å². The minimum Gasteiger partial charge on any atom is -0.491 e. The van der Waals surface area contributed by atoms with Crippen molar-refractivity contribution in [2.45, 2.75) is 26.7 Å². The molecule has 1 N–H and O–H groups in total. The third kappa shape index (κ3) is 3.60. The summed E-state index contributed by atoms with van der Waals surface area (Å²) >= 11 is 0. The highest BCUT2D eigenvalue weighted by Gasteiger charge is 2.20. The van der Waals surface area contributed by atoms with E-state index in [1.165, 1.54) is 12.1 Å². The normalized spacial score (nSPS) is 10.5. The standard InChI is InChI=1S/C15H18FN3O3/c1-3-5-8-22-12-7-6-10(9-11(12)16)13-14(18-19-17-13)15(20)21-4-2/h6-7,9H,3-5,8H2,1-2H3,(H,17,18,19). The van der Waals surface area contributed by atoms with E-state index in [0.717, 1.165) is 12.8 Å². The van der Waals surface area contributed by atoms with Gasteiger partial charge in [0.2, 0.25) is 0 Å². The van der Waals surface area contributed by atoms with Crippen LogP contribution in [0.2, 0.25) is 0 Å². The molecule has 2 aromatic rings. The van der Waals surface area contributed by atoms with Gasteiger partial charge in [0.05, 0.1) is 13.2 Å². The number of nitrogens with one attached hydrogen (secondary N) is 1. The van der Waals surface area contributed by atoms with Crippen molar-refractivity contribution in [2.24, 2.45) is 0 Å². The van der Waals surface area contributed by atoms with E-state index in [4.69, 9.17) is 9.47 Å². The number of rotatable bonds is 7. The maximum Gasteiger partial charge on any atom is 0.361 e. The first-order valence-electron chi connectivity index (χ1n) is 7.18. The number of ether oxygens (including phenoxy) is 2. The highest BCUT2D eigenvalue weighted by molar-refractivity contribution is 5.93. The summed E-state index contributed by atoms with van der Waals surface area (Å²) in [7, 11) is 0. The van der Waals surface area contributed by atoms with Crippen molar-refractivity contribution < 1.29 is 18.7 Å². The quantitative estimate of drug-likeness (QED) is 0.628. The van der Waals surface area contributed by atoms with E-state index < -0.39 is 11.8 Å². The van der Waals surface area contributed by atoms with Crippen LogP contribution in [0.5, 0.6) is 5.75 Å². The van der Waals surface area contributed by atoms with Crippen LogP contribution in [0.4, 0.5) is 4.39 Å². The maximum absolute atomic E-state index is 14.1. The Morgan fingerprint density at radius 1 is 1.32 bits per heavy atom. The molecular formula is C15H18FN3O3. The second-order valence-electron chi connectivity index (χ2n) is 4.59. The molecule has 0 unspecified atom stereocenters. The molecule has 6 nitrogen and oxygen atoms in total. The van der Waals surface area contributed by atoms with Crippen LogP contribution in [0.3, 0.4) is 0 Å². The monoisotopic (exact) mass is 307 g/mol. The van der Waals surface area contributed by atoms with E-state index in [1.54, 1.807) is 13.0 Å². The third-order valence-electron chi connectivity index (χ3n) is 2.98. The molecule has 1 aromatic carbocycles. The average Bonchev–Trinajstić information content (AvgIpc) is 2.99. The molecule has 2 rings (SSSR count). The summed E-state index contributed by atoms with van der Waals surface area (Å²) in [6, 6.07) is 4.41. The van der Waals surface area contributed by atoms with Gasteiger partial charge in [0.25, 0.3) is 0 Å². The van der Waals surface area contributed by atoms with E-state index >= 15 is 0 Å². The van der Waals surface area contributed by atoms with Crippen LogP contribution in [0.15, 0.2) is 18.2 Å². The number of benzene rings is 1. The SMILES string of the molecule is CCCCOc1ccc(-c2n[nH]nc2C(=O)OCC)cc1F. The molecule has 0 radical (unpaired) electrons. The Labute approximate surface area is 127 Å². The Morgan fingerprint density at radius 2 is 2.14 bits per heavy atom. The molecule has 0 saturated heterocycles. The van der Waals surface area contributed by atoms with Gasteiger partial charge in [-0.2, -0.15) is 10.3 Å². The molecule has 0 aliphatic carbocycles. The van der Waals surface area contributed by atoms with Gasteiger partial charge in [-0.25, -0.2) is 9.18 Å². The summed E-state index contributed by atoms with van der Waals surface area (Å²) in [5.74, 6) is -0.931. The van der Waals surface area contributed by atoms with Crippen LogP contribution >= 0.6 is 0 Å². The molecule has 0 atom stereocenters. The molecule has 1 heterocycles. The number of unbranched alkanes of at least 4 members (excludes halogenated alkanes) is 1. The highest BCUT2D eigenvalue weighted by Crippen LogP contribution is 2.26. The molecule has 7 heteroatoms. The fourth-order valence-corrected chi connectivity index (χ4v) is 1.87. The fourth-order valence-electron chi connectivity index (χ4n) is 1.87. The molecule has 0 spiro atoms. The molecule has 0 bridgehead atoms. The summed E-state index contributed by atoms with van der Waals surface area (Å²) in [6.07, 6.45) is 1.83. The first-order chi connectivity index (χ1) is 10.7. The number of hydrogen-bond acceptors (Lipinski definition) is 5. The third-order valence-corrected chi connectivity index (χ3v) is 2.98. The number of nitrogens with zero attached hydrogens (tertiary/aromatic N) is 2. The van der Waals surface area contributed by atoms with Crippen LogP contribution in [0, 0.1) is 5.82 Å². The topological polar surface area (TPSA) is 77.1 Å². The Kier molecular flexibility index (Phi) is 5.46. The number of carbonyl (C=O) groups excluding carboxylic acids is 1. The fraction of sp³-hybridized carbons (Fsp3) is 0.400. The van der Waals surface area contributed by atoms with Crippen molar-refractivity contribution in [3.63, 3.8) is 0 Å². The zero-order chi connectivity index (χ0) is 15.9. The van der Waals surface area contributed by atoms with Crippen molar-refractivity contribution in [2.75, 3.05) is 13.2 Å². The first-order valence-corrected chi connectivity index (χ1v) is 7.18. The molecule has 22 heavy (non-hydrogen) atoms. The molecule has 0 saturated carbocycles. The number of hydrogen-bond donors (Lipinski definition) is 1. The Balaban J connectivity index is 2.22. The number of carbonyl (C=O) groups is 1. The van der Waals surface area contributed by atoms with Gasteiger partial charge in [0.1, 0.15) is 5.69 Å². The van der Waals surface area contributed by atoms with Gasteiger partial charge in [-0.05, 0) is 31.5 Å². The van der Waals surface area contributed by atoms with Gasteiger partial charge < -0.3 is 9.47 Å². The zero-order valence-electron chi connectivity index (χ0n) is 12.6. The van der Waals surface area contributed by atoms with Crippen molar-refractivity contribution in [1.29, 1.82) is 0 Å². The second-order valence-corrected chi connectivity index (χ2v) is 4.59. The molecule has 1 aromatic heterocycles. The second kappa shape index (κ2) is 7.53. The molecule has 0 amide bonds. The predicted molar refractivity (Wildman–Crippen MR) is 78.1 cm³/mol. The van der Waals surface area contributed by atoms with Crippen molar-refractivity contribution in [3.05, 3.63) is 29.7 Å². The van der Waals surface area contributed by atoms with Gasteiger partial charge >= 0.3 is 5.97 Å².